The van der Waals surface area contributed by atoms with Crippen molar-refractivity contribution in [3.8, 4) is 0 Å². The number of rotatable bonds is 3. The molecule has 0 aliphatic rings. The Balaban J connectivity index is 1.76. The van der Waals surface area contributed by atoms with E-state index in [2.05, 4.69) is 16.0 Å². The number of hydrogen-bond acceptors (Lipinski definition) is 5. The van der Waals surface area contributed by atoms with Gasteiger partial charge in [-0.2, -0.15) is 0 Å². The van der Waals surface area contributed by atoms with E-state index in [0.29, 0.717) is 34.6 Å². The number of hydrogen-bond donors (Lipinski definition) is 2. The van der Waals surface area contributed by atoms with Crippen molar-refractivity contribution in [2.75, 3.05) is 0 Å². The number of carbonyl (C=O) groups is 2. The summed E-state index contributed by atoms with van der Waals surface area (Å²) in [4.78, 5) is 24.5. The van der Waals surface area contributed by atoms with Gasteiger partial charge in [0.15, 0.2) is 5.76 Å². The van der Waals surface area contributed by atoms with Gasteiger partial charge in [-0.1, -0.05) is 30.3 Å². The van der Waals surface area contributed by atoms with Crippen LogP contribution in [0.3, 0.4) is 0 Å². The molecule has 0 saturated heterocycles. The Kier molecular flexibility index (Phi) is 4.07. The summed E-state index contributed by atoms with van der Waals surface area (Å²) < 4.78 is 10.6. The van der Waals surface area contributed by atoms with Crippen molar-refractivity contribution in [3.63, 3.8) is 0 Å². The van der Waals surface area contributed by atoms with E-state index in [9.17, 15) is 9.59 Å². The lowest BCUT2D eigenvalue weighted by Crippen LogP contribution is -2.42. The van der Waals surface area contributed by atoms with Crippen LogP contribution >= 0.6 is 0 Å². The lowest BCUT2D eigenvalue weighted by atomic mass is 10.1. The maximum absolute atomic E-state index is 12.3. The molecule has 0 aliphatic carbocycles. The maximum Gasteiger partial charge on any atom is 0.305 e. The highest BCUT2D eigenvalue weighted by molar-refractivity contribution is 6.01. The molecule has 7 nitrogen and oxygen atoms in total. The SMILES string of the molecule is CCc1noc(C)c1C(=O)NNC(=O)c1oc2ccccc2c1C. The minimum atomic E-state index is -0.524. The van der Waals surface area contributed by atoms with Crippen LogP contribution in [0, 0.1) is 13.8 Å². The molecule has 0 spiro atoms. The van der Waals surface area contributed by atoms with Crippen LogP contribution in [0.25, 0.3) is 11.0 Å². The second-order valence-corrected chi connectivity index (χ2v) is 5.37. The van der Waals surface area contributed by atoms with Crippen LogP contribution in [0.1, 0.15) is 44.9 Å². The van der Waals surface area contributed by atoms with E-state index in [1.165, 1.54) is 0 Å². The highest BCUT2D eigenvalue weighted by Gasteiger charge is 2.21. The molecule has 7 heteroatoms. The number of carbonyl (C=O) groups excluding carboxylic acids is 2. The summed E-state index contributed by atoms with van der Waals surface area (Å²) in [5.41, 5.74) is 6.95. The van der Waals surface area contributed by atoms with E-state index < -0.39 is 11.8 Å². The molecule has 2 amide bonds. The molecule has 24 heavy (non-hydrogen) atoms. The lowest BCUT2D eigenvalue weighted by molar-refractivity contribution is 0.0830. The summed E-state index contributed by atoms with van der Waals surface area (Å²) >= 11 is 0. The largest absolute Gasteiger partial charge is 0.451 e. The van der Waals surface area contributed by atoms with Crippen LogP contribution in [0.4, 0.5) is 0 Å². The van der Waals surface area contributed by atoms with Crippen LogP contribution in [0.15, 0.2) is 33.2 Å². The maximum atomic E-state index is 12.3. The van der Waals surface area contributed by atoms with E-state index in [0.717, 1.165) is 5.39 Å². The molecule has 0 radical (unpaired) electrons. The third kappa shape index (κ3) is 2.64. The normalized spacial score (nSPS) is 10.8. The number of furan rings is 1. The Morgan fingerprint density at radius 1 is 1.12 bits per heavy atom. The number of nitrogens with zero attached hydrogens (tertiary/aromatic N) is 1. The van der Waals surface area contributed by atoms with Gasteiger partial charge in [0.1, 0.15) is 16.9 Å². The summed E-state index contributed by atoms with van der Waals surface area (Å²) in [6, 6.07) is 7.36. The third-order valence-electron chi connectivity index (χ3n) is 3.83. The molecule has 124 valence electrons. The van der Waals surface area contributed by atoms with Gasteiger partial charge in [-0.25, -0.2) is 0 Å². The van der Waals surface area contributed by atoms with Crippen molar-refractivity contribution in [2.45, 2.75) is 27.2 Å². The second kappa shape index (κ2) is 6.19. The van der Waals surface area contributed by atoms with Crippen molar-refractivity contribution in [3.05, 3.63) is 52.6 Å². The fourth-order valence-corrected chi connectivity index (χ4v) is 2.57. The monoisotopic (exact) mass is 327 g/mol. The Hall–Kier alpha value is -3.09. The molecular weight excluding hydrogens is 310 g/mol. The van der Waals surface area contributed by atoms with Crippen LogP contribution in [0.5, 0.6) is 0 Å². The molecule has 0 saturated carbocycles. The summed E-state index contributed by atoms with van der Waals surface area (Å²) in [5.74, 6) is -0.440. The molecular formula is C17H17N3O4. The van der Waals surface area contributed by atoms with E-state index in [1.54, 1.807) is 19.9 Å². The predicted octanol–water partition coefficient (Wildman–Crippen LogP) is 2.67. The number of fused-ring (bicyclic) bond motifs is 1. The minimum Gasteiger partial charge on any atom is -0.451 e. The van der Waals surface area contributed by atoms with Crippen LogP contribution < -0.4 is 10.9 Å². The molecule has 0 bridgehead atoms. The summed E-state index contributed by atoms with van der Waals surface area (Å²) in [5, 5.41) is 4.67. The van der Waals surface area contributed by atoms with E-state index in [4.69, 9.17) is 8.94 Å². The standard InChI is InChI=1S/C17H17N3O4/c1-4-12-14(10(3)24-20-12)16(21)18-19-17(22)15-9(2)11-7-5-6-8-13(11)23-15/h5-8H,4H2,1-3H3,(H,18,21)(H,19,22). The number of aromatic nitrogens is 1. The second-order valence-electron chi connectivity index (χ2n) is 5.37. The van der Waals surface area contributed by atoms with Crippen molar-refractivity contribution in [1.29, 1.82) is 0 Å². The molecule has 1 aromatic carbocycles. The number of hydrazine groups is 1. The van der Waals surface area contributed by atoms with E-state index >= 15 is 0 Å². The number of amides is 2. The van der Waals surface area contributed by atoms with E-state index in [-0.39, 0.29) is 5.76 Å². The van der Waals surface area contributed by atoms with Crippen molar-refractivity contribution >= 4 is 22.8 Å². The average molecular weight is 327 g/mol. The van der Waals surface area contributed by atoms with Gasteiger partial charge in [0.25, 0.3) is 5.91 Å². The van der Waals surface area contributed by atoms with Gasteiger partial charge in [-0.15, -0.1) is 0 Å². The third-order valence-corrected chi connectivity index (χ3v) is 3.83. The Morgan fingerprint density at radius 2 is 1.83 bits per heavy atom. The molecule has 0 atom stereocenters. The predicted molar refractivity (Wildman–Crippen MR) is 86.5 cm³/mol. The highest BCUT2D eigenvalue weighted by Crippen LogP contribution is 2.24. The van der Waals surface area contributed by atoms with Crippen molar-refractivity contribution in [1.82, 2.24) is 16.0 Å². The molecule has 2 heterocycles. The number of benzene rings is 1. The van der Waals surface area contributed by atoms with Crippen molar-refractivity contribution < 1.29 is 18.5 Å². The highest BCUT2D eigenvalue weighted by atomic mass is 16.5. The van der Waals surface area contributed by atoms with Gasteiger partial charge in [0.05, 0.1) is 5.69 Å². The van der Waals surface area contributed by atoms with Crippen LogP contribution in [-0.2, 0) is 6.42 Å². The van der Waals surface area contributed by atoms with Gasteiger partial charge in [-0.05, 0) is 26.3 Å². The van der Waals surface area contributed by atoms with E-state index in [1.807, 2.05) is 25.1 Å². The Labute approximate surface area is 138 Å². The number of nitrogens with one attached hydrogen (secondary N) is 2. The molecule has 0 fully saturated rings. The Bertz CT molecular complexity index is 923. The Morgan fingerprint density at radius 3 is 2.54 bits per heavy atom. The number of aryl methyl sites for hydroxylation is 3. The topological polar surface area (TPSA) is 97.4 Å². The zero-order chi connectivity index (χ0) is 17.3. The zero-order valence-electron chi connectivity index (χ0n) is 13.6. The quantitative estimate of drug-likeness (QED) is 0.721. The van der Waals surface area contributed by atoms with Crippen LogP contribution in [0.2, 0.25) is 0 Å². The molecule has 0 unspecified atom stereocenters. The minimum absolute atomic E-state index is 0.161. The molecule has 2 aromatic heterocycles. The van der Waals surface area contributed by atoms with Gasteiger partial charge >= 0.3 is 5.91 Å². The first-order valence-corrected chi connectivity index (χ1v) is 7.56. The van der Waals surface area contributed by atoms with Gasteiger partial charge in [-0.3, -0.25) is 20.4 Å². The summed E-state index contributed by atoms with van der Waals surface area (Å²) in [7, 11) is 0. The first kappa shape index (κ1) is 15.8. The van der Waals surface area contributed by atoms with Crippen LogP contribution in [-0.4, -0.2) is 17.0 Å². The number of para-hydroxylation sites is 1. The van der Waals surface area contributed by atoms with Crippen molar-refractivity contribution in [2.24, 2.45) is 0 Å². The van der Waals surface area contributed by atoms with Gasteiger partial charge < -0.3 is 8.94 Å². The fraction of sp³-hybridized carbons (Fsp3) is 0.235. The molecule has 2 N–H and O–H groups in total. The molecule has 0 aliphatic heterocycles. The summed E-state index contributed by atoms with van der Waals surface area (Å²) in [6.45, 7) is 5.30. The zero-order valence-corrected chi connectivity index (χ0v) is 13.6. The summed E-state index contributed by atoms with van der Waals surface area (Å²) in [6.07, 6.45) is 0.552. The van der Waals surface area contributed by atoms with Gasteiger partial charge in [0.2, 0.25) is 0 Å². The first-order valence-electron chi connectivity index (χ1n) is 7.56. The molecule has 3 aromatic rings. The average Bonchev–Trinajstić information content (AvgIpc) is 3.13. The fourth-order valence-electron chi connectivity index (χ4n) is 2.57. The molecule has 3 rings (SSSR count). The first-order chi connectivity index (χ1) is 11.5. The van der Waals surface area contributed by atoms with Gasteiger partial charge in [0, 0.05) is 10.9 Å². The lowest BCUT2D eigenvalue weighted by Gasteiger charge is -2.06. The smallest absolute Gasteiger partial charge is 0.305 e.